The number of aryl methyl sites for hydroxylation is 2. The molecule has 0 fully saturated rings. The van der Waals surface area contributed by atoms with Crippen LogP contribution >= 0.6 is 0 Å². The smallest absolute Gasteiger partial charge is 0.261 e. The Kier molecular flexibility index (Phi) is 13.8. The fourth-order valence-electron chi connectivity index (χ4n) is 2.58. The van der Waals surface area contributed by atoms with Gasteiger partial charge in [0.2, 0.25) is 0 Å². The van der Waals surface area contributed by atoms with Gasteiger partial charge in [0.05, 0.1) is 6.26 Å². The van der Waals surface area contributed by atoms with E-state index in [1.165, 1.54) is 76.3 Å². The molecule has 0 spiro atoms. The standard InChI is InChI=1S/C18H32N.CH4O3S/c1-3-5-6-7-8-9-10-11-15-19-16-12-14-18(17-19)13-4-2;1-5(2,3)4/h12,14,16-17H,3-11,13,15H2,1-2H3;1H3,(H,2,3,4)/q+1;. The van der Waals surface area contributed by atoms with Crippen molar-refractivity contribution in [1.82, 2.24) is 0 Å². The second-order valence-corrected chi connectivity index (χ2v) is 7.87. The van der Waals surface area contributed by atoms with Crippen molar-refractivity contribution in [2.75, 3.05) is 6.26 Å². The topological polar surface area (TPSA) is 58.2 Å². The molecule has 1 aromatic rings. The molecule has 0 saturated heterocycles. The van der Waals surface area contributed by atoms with Crippen LogP contribution in [0.15, 0.2) is 24.5 Å². The van der Waals surface area contributed by atoms with Gasteiger partial charge in [0.1, 0.15) is 6.54 Å². The Hall–Kier alpha value is -0.940. The van der Waals surface area contributed by atoms with Gasteiger partial charge in [0.25, 0.3) is 10.1 Å². The molecule has 0 atom stereocenters. The van der Waals surface area contributed by atoms with E-state index in [2.05, 4.69) is 42.9 Å². The number of pyridine rings is 1. The Balaban J connectivity index is 0.000000922. The van der Waals surface area contributed by atoms with E-state index in [1.54, 1.807) is 0 Å². The third-order valence-electron chi connectivity index (χ3n) is 3.73. The summed E-state index contributed by atoms with van der Waals surface area (Å²) in [5, 5.41) is 0. The second kappa shape index (κ2) is 14.4. The molecule has 4 nitrogen and oxygen atoms in total. The molecular weight excluding hydrogens is 322 g/mol. The Morgan fingerprint density at radius 3 is 2.04 bits per heavy atom. The average molecular weight is 359 g/mol. The van der Waals surface area contributed by atoms with Crippen molar-refractivity contribution >= 4 is 10.1 Å². The molecule has 0 amide bonds. The number of nitrogens with zero attached hydrogens (tertiary/aromatic N) is 1. The van der Waals surface area contributed by atoms with Gasteiger partial charge in [-0.15, -0.1) is 0 Å². The quantitative estimate of drug-likeness (QED) is 0.358. The Labute approximate surface area is 149 Å². The molecule has 0 aliphatic rings. The van der Waals surface area contributed by atoms with Gasteiger partial charge in [-0.3, -0.25) is 4.55 Å². The van der Waals surface area contributed by atoms with E-state index in [9.17, 15) is 8.42 Å². The van der Waals surface area contributed by atoms with Crippen LogP contribution in [0, 0.1) is 0 Å². The monoisotopic (exact) mass is 358 g/mol. The first-order valence-corrected chi connectivity index (χ1v) is 11.1. The van der Waals surface area contributed by atoms with Crippen molar-refractivity contribution in [2.24, 2.45) is 0 Å². The summed E-state index contributed by atoms with van der Waals surface area (Å²) in [6, 6.07) is 4.43. The van der Waals surface area contributed by atoms with Crippen LogP contribution < -0.4 is 4.57 Å². The van der Waals surface area contributed by atoms with Crippen molar-refractivity contribution in [3.8, 4) is 0 Å². The third kappa shape index (κ3) is 17.4. The number of hydrogen-bond donors (Lipinski definition) is 1. The number of aromatic nitrogens is 1. The number of unbranched alkanes of at least 4 members (excludes halogenated alkanes) is 7. The summed E-state index contributed by atoms with van der Waals surface area (Å²) in [5.74, 6) is 0. The van der Waals surface area contributed by atoms with Crippen LogP contribution in [-0.4, -0.2) is 19.2 Å². The molecule has 0 aromatic carbocycles. The zero-order chi connectivity index (χ0) is 18.3. The van der Waals surface area contributed by atoms with Gasteiger partial charge < -0.3 is 0 Å². The fraction of sp³-hybridized carbons (Fsp3) is 0.737. The Morgan fingerprint density at radius 1 is 0.958 bits per heavy atom. The van der Waals surface area contributed by atoms with Crippen molar-refractivity contribution in [1.29, 1.82) is 0 Å². The number of hydrogen-bond acceptors (Lipinski definition) is 2. The molecule has 1 N–H and O–H groups in total. The normalized spacial score (nSPS) is 11.0. The summed E-state index contributed by atoms with van der Waals surface area (Å²) in [4.78, 5) is 0. The first-order valence-electron chi connectivity index (χ1n) is 9.27. The minimum atomic E-state index is -3.67. The molecule has 0 saturated carbocycles. The van der Waals surface area contributed by atoms with Gasteiger partial charge in [-0.05, 0) is 18.9 Å². The highest BCUT2D eigenvalue weighted by Crippen LogP contribution is 2.08. The maximum absolute atomic E-state index is 9.19. The molecule has 0 aliphatic carbocycles. The lowest BCUT2D eigenvalue weighted by Gasteiger charge is -2.01. The zero-order valence-electron chi connectivity index (χ0n) is 15.7. The highest BCUT2D eigenvalue weighted by Gasteiger charge is 2.02. The molecule has 0 aliphatic heterocycles. The van der Waals surface area contributed by atoms with E-state index in [4.69, 9.17) is 4.55 Å². The van der Waals surface area contributed by atoms with Crippen molar-refractivity contribution in [3.05, 3.63) is 30.1 Å². The minimum absolute atomic E-state index is 0.715. The lowest BCUT2D eigenvalue weighted by molar-refractivity contribution is -0.697. The van der Waals surface area contributed by atoms with Gasteiger partial charge in [-0.25, -0.2) is 4.57 Å². The van der Waals surface area contributed by atoms with Crippen molar-refractivity contribution in [2.45, 2.75) is 84.6 Å². The summed E-state index contributed by atoms with van der Waals surface area (Å²) in [7, 11) is -3.67. The SMILES string of the molecule is CCCCCCCCCC[n+]1cccc(CCC)c1.CS(=O)(=O)O. The lowest BCUT2D eigenvalue weighted by atomic mass is 10.1. The van der Waals surface area contributed by atoms with Gasteiger partial charge in [-0.2, -0.15) is 8.42 Å². The van der Waals surface area contributed by atoms with Crippen LogP contribution in [0.2, 0.25) is 0 Å². The van der Waals surface area contributed by atoms with Gasteiger partial charge >= 0.3 is 0 Å². The summed E-state index contributed by atoms with van der Waals surface area (Å²) in [6.07, 6.45) is 18.9. The molecule has 1 aromatic heterocycles. The third-order valence-corrected chi connectivity index (χ3v) is 3.73. The maximum Gasteiger partial charge on any atom is 0.261 e. The molecule has 1 heterocycles. The predicted octanol–water partition coefficient (Wildman–Crippen LogP) is 4.57. The minimum Gasteiger partial charge on any atom is -0.286 e. The van der Waals surface area contributed by atoms with E-state index in [0.717, 1.165) is 0 Å². The van der Waals surface area contributed by atoms with Crippen LogP contribution in [0.5, 0.6) is 0 Å². The van der Waals surface area contributed by atoms with Gasteiger partial charge in [0.15, 0.2) is 12.4 Å². The van der Waals surface area contributed by atoms with Crippen molar-refractivity contribution < 1.29 is 17.5 Å². The van der Waals surface area contributed by atoms with Crippen LogP contribution in [0.1, 0.15) is 77.2 Å². The summed E-state index contributed by atoms with van der Waals surface area (Å²) >= 11 is 0. The second-order valence-electron chi connectivity index (χ2n) is 6.41. The highest BCUT2D eigenvalue weighted by molar-refractivity contribution is 7.85. The van der Waals surface area contributed by atoms with Gasteiger partial charge in [0, 0.05) is 18.1 Å². The lowest BCUT2D eigenvalue weighted by Crippen LogP contribution is -2.33. The van der Waals surface area contributed by atoms with E-state index >= 15 is 0 Å². The Bertz CT molecular complexity index is 507. The molecule has 5 heteroatoms. The van der Waals surface area contributed by atoms with Crippen LogP contribution in [-0.2, 0) is 23.1 Å². The average Bonchev–Trinajstić information content (AvgIpc) is 2.49. The maximum atomic E-state index is 9.19. The van der Waals surface area contributed by atoms with E-state index in [-0.39, 0.29) is 0 Å². The van der Waals surface area contributed by atoms with Crippen LogP contribution in [0.4, 0.5) is 0 Å². The van der Waals surface area contributed by atoms with E-state index in [0.29, 0.717) is 6.26 Å². The first-order chi connectivity index (χ1) is 11.4. The number of rotatable bonds is 11. The molecule has 1 rings (SSSR count). The molecular formula is C19H36NO3S+. The van der Waals surface area contributed by atoms with Crippen LogP contribution in [0.25, 0.3) is 0 Å². The zero-order valence-corrected chi connectivity index (χ0v) is 16.5. The summed E-state index contributed by atoms with van der Waals surface area (Å²) in [6.45, 7) is 5.71. The van der Waals surface area contributed by atoms with E-state index in [1.807, 2.05) is 0 Å². The van der Waals surface area contributed by atoms with E-state index < -0.39 is 10.1 Å². The molecule has 0 unspecified atom stereocenters. The summed E-state index contributed by atoms with van der Waals surface area (Å²) < 4.78 is 28.2. The fourth-order valence-corrected chi connectivity index (χ4v) is 2.58. The van der Waals surface area contributed by atoms with Crippen LogP contribution in [0.3, 0.4) is 0 Å². The Morgan fingerprint density at radius 2 is 1.50 bits per heavy atom. The predicted molar refractivity (Wildman–Crippen MR) is 101 cm³/mol. The molecule has 24 heavy (non-hydrogen) atoms. The largest absolute Gasteiger partial charge is 0.286 e. The molecule has 0 bridgehead atoms. The summed E-state index contributed by atoms with van der Waals surface area (Å²) in [5.41, 5.74) is 1.48. The van der Waals surface area contributed by atoms with Gasteiger partial charge in [-0.1, -0.05) is 58.8 Å². The van der Waals surface area contributed by atoms with Crippen molar-refractivity contribution in [3.63, 3.8) is 0 Å². The first kappa shape index (κ1) is 23.1. The molecule has 140 valence electrons. The molecule has 0 radical (unpaired) electrons. The highest BCUT2D eigenvalue weighted by atomic mass is 32.2.